The van der Waals surface area contributed by atoms with Crippen molar-refractivity contribution >= 4 is 39.6 Å². The lowest BCUT2D eigenvalue weighted by Crippen LogP contribution is -2.74. The molecular formula is C41H41BN2O. The van der Waals surface area contributed by atoms with E-state index in [0.717, 1.165) is 11.0 Å². The van der Waals surface area contributed by atoms with Crippen LogP contribution in [0.15, 0.2) is 182 Å². The van der Waals surface area contributed by atoms with E-state index in [2.05, 4.69) is 153 Å². The molecule has 6 aromatic carbocycles. The first-order chi connectivity index (χ1) is 22.0. The topological polar surface area (TPSA) is 29.1 Å². The molecule has 45 heavy (non-hydrogen) atoms. The molecule has 0 saturated heterocycles. The predicted octanol–water partition coefficient (Wildman–Crippen LogP) is 5.75. The van der Waals surface area contributed by atoms with Crippen LogP contribution in [-0.2, 0) is 0 Å². The zero-order valence-corrected chi connectivity index (χ0v) is 26.2. The van der Waals surface area contributed by atoms with Gasteiger partial charge in [0.05, 0.1) is 20.6 Å². The van der Waals surface area contributed by atoms with Crippen molar-refractivity contribution in [1.82, 2.24) is 9.80 Å². The summed E-state index contributed by atoms with van der Waals surface area (Å²) in [4.78, 5) is 11.9. The lowest BCUT2D eigenvalue weighted by molar-refractivity contribution is 0.0951. The Hall–Kier alpha value is -5.19. The fraction of sp³-hybridized carbons (Fsp3) is 0.0976. The average molecular weight is 589 g/mol. The molecule has 1 amide bonds. The van der Waals surface area contributed by atoms with Crippen LogP contribution < -0.4 is 31.7 Å². The van der Waals surface area contributed by atoms with Crippen molar-refractivity contribution in [3.8, 4) is 0 Å². The van der Waals surface area contributed by atoms with Gasteiger partial charge in [0.15, 0.2) is 0 Å². The lowest BCUT2D eigenvalue weighted by Gasteiger charge is -2.44. The van der Waals surface area contributed by atoms with Crippen LogP contribution in [0.5, 0.6) is 0 Å². The zero-order chi connectivity index (χ0) is 31.4. The van der Waals surface area contributed by atoms with Gasteiger partial charge in [-0.25, -0.2) is 0 Å². The molecule has 0 aliphatic rings. The molecular weight excluding hydrogens is 547 g/mol. The lowest BCUT2D eigenvalue weighted by atomic mass is 9.13. The maximum Gasteiger partial charge on any atom is 0.251 e. The highest BCUT2D eigenvalue weighted by atomic mass is 16.1. The summed E-state index contributed by atoms with van der Waals surface area (Å²) in [6.07, 6.45) is -1.22. The standard InChI is InChI=1S/C24H20B.C17H20N2O/c1-5-13-21(14-6-1)25(22-15-7-2-8-16-22,23-17-9-3-10-18-23)24-19-11-4-12-20-24;1-19(2,16-11-7-4-8-12-16)14-13-18-17(20)15-9-5-3-6-10-15/h1-20H;3-12H,13-14H2,1-2H3/q-1;/p+1. The maximum atomic E-state index is 11.9. The number of likely N-dealkylation sites (N-methyl/N-ethyl adjacent to an activating group) is 1. The second-order valence-electron chi connectivity index (χ2n) is 11.9. The minimum Gasteiger partial charge on any atom is -0.346 e. The van der Waals surface area contributed by atoms with E-state index in [0.29, 0.717) is 12.1 Å². The van der Waals surface area contributed by atoms with E-state index in [4.69, 9.17) is 0 Å². The number of amides is 1. The Balaban J connectivity index is 0.000000183. The number of carbonyl (C=O) groups excluding carboxylic acids is 1. The van der Waals surface area contributed by atoms with Gasteiger partial charge in [0, 0.05) is 5.56 Å². The Morgan fingerprint density at radius 3 is 1.16 bits per heavy atom. The first-order valence-corrected chi connectivity index (χ1v) is 15.6. The SMILES string of the molecule is C[N+](C)(CCNC(=O)c1ccccc1)c1ccccc1.c1ccc([B-](c2ccccc2)(c2ccccc2)c2ccccc2)cc1. The number of carbonyl (C=O) groups is 1. The van der Waals surface area contributed by atoms with Crippen molar-refractivity contribution in [2.45, 2.75) is 0 Å². The molecule has 0 aliphatic heterocycles. The van der Waals surface area contributed by atoms with Crippen molar-refractivity contribution < 1.29 is 4.79 Å². The Bertz CT molecular complexity index is 1570. The minimum atomic E-state index is -1.22. The molecule has 4 heteroatoms. The van der Waals surface area contributed by atoms with Crippen LogP contribution in [0.25, 0.3) is 0 Å². The second-order valence-corrected chi connectivity index (χ2v) is 11.9. The third-order valence-corrected chi connectivity index (χ3v) is 8.65. The summed E-state index contributed by atoms with van der Waals surface area (Å²) in [5.74, 6) is -0.0151. The van der Waals surface area contributed by atoms with E-state index in [-0.39, 0.29) is 5.91 Å². The molecule has 6 rings (SSSR count). The van der Waals surface area contributed by atoms with Crippen molar-refractivity contribution in [3.63, 3.8) is 0 Å². The first-order valence-electron chi connectivity index (χ1n) is 15.6. The third-order valence-electron chi connectivity index (χ3n) is 8.65. The molecule has 0 saturated carbocycles. The molecule has 0 aromatic heterocycles. The van der Waals surface area contributed by atoms with E-state index in [1.165, 1.54) is 27.5 Å². The number of hydrogen-bond donors (Lipinski definition) is 1. The van der Waals surface area contributed by atoms with E-state index in [1.807, 2.05) is 48.5 Å². The molecule has 0 spiro atoms. The van der Waals surface area contributed by atoms with Crippen LogP contribution in [0, 0.1) is 0 Å². The second kappa shape index (κ2) is 15.0. The van der Waals surface area contributed by atoms with Crippen molar-refractivity contribution in [3.05, 3.63) is 188 Å². The Labute approximate surface area is 268 Å². The highest BCUT2D eigenvalue weighted by Gasteiger charge is 2.31. The van der Waals surface area contributed by atoms with Gasteiger partial charge >= 0.3 is 0 Å². The van der Waals surface area contributed by atoms with Gasteiger partial charge in [0.2, 0.25) is 0 Å². The highest BCUT2D eigenvalue weighted by Crippen LogP contribution is 2.17. The summed E-state index contributed by atoms with van der Waals surface area (Å²) in [6.45, 7) is 1.50. The van der Waals surface area contributed by atoms with Crippen molar-refractivity contribution in [1.29, 1.82) is 0 Å². The van der Waals surface area contributed by atoms with E-state index in [9.17, 15) is 4.79 Å². The number of rotatable bonds is 9. The Kier molecular flexibility index (Phi) is 10.4. The quantitative estimate of drug-likeness (QED) is 0.169. The minimum absolute atomic E-state index is 0.0151. The van der Waals surface area contributed by atoms with Crippen LogP contribution in [0.1, 0.15) is 10.4 Å². The van der Waals surface area contributed by atoms with Crippen LogP contribution >= 0.6 is 0 Å². The Morgan fingerprint density at radius 2 is 0.800 bits per heavy atom. The highest BCUT2D eigenvalue weighted by molar-refractivity contribution is 7.19. The molecule has 0 fully saturated rings. The summed E-state index contributed by atoms with van der Waals surface area (Å²) < 4.78 is 0.746. The number of hydrogen-bond acceptors (Lipinski definition) is 1. The van der Waals surface area contributed by atoms with Crippen LogP contribution in [0.3, 0.4) is 0 Å². The molecule has 224 valence electrons. The molecule has 0 atom stereocenters. The summed E-state index contributed by atoms with van der Waals surface area (Å²) >= 11 is 0. The molecule has 3 nitrogen and oxygen atoms in total. The molecule has 0 bridgehead atoms. The summed E-state index contributed by atoms with van der Waals surface area (Å²) in [5, 5.41) is 2.97. The largest absolute Gasteiger partial charge is 0.346 e. The van der Waals surface area contributed by atoms with Gasteiger partial charge in [0.25, 0.3) is 5.91 Å². The molecule has 0 unspecified atom stereocenters. The van der Waals surface area contributed by atoms with E-state index >= 15 is 0 Å². The van der Waals surface area contributed by atoms with Gasteiger partial charge in [-0.3, -0.25) is 9.28 Å². The fourth-order valence-electron chi connectivity index (χ4n) is 6.22. The molecule has 6 aromatic rings. The smallest absolute Gasteiger partial charge is 0.251 e. The molecule has 0 aliphatic carbocycles. The van der Waals surface area contributed by atoms with Crippen molar-refractivity contribution in [2.75, 3.05) is 27.2 Å². The van der Waals surface area contributed by atoms with Crippen molar-refractivity contribution in [2.24, 2.45) is 0 Å². The van der Waals surface area contributed by atoms with E-state index in [1.54, 1.807) is 0 Å². The van der Waals surface area contributed by atoms with Crippen LogP contribution in [-0.4, -0.2) is 39.2 Å². The first kappa shape index (κ1) is 31.2. The number of nitrogens with zero attached hydrogens (tertiary/aromatic N) is 1. The maximum absolute atomic E-state index is 11.9. The zero-order valence-electron chi connectivity index (χ0n) is 26.2. The number of benzene rings is 6. The molecule has 0 heterocycles. The van der Waals surface area contributed by atoms with Gasteiger partial charge in [-0.15, -0.1) is 0 Å². The van der Waals surface area contributed by atoms with Gasteiger partial charge in [-0.1, -0.05) is 158 Å². The molecule has 0 radical (unpaired) electrons. The summed E-state index contributed by atoms with van der Waals surface area (Å²) in [6, 6.07) is 63.1. The number of quaternary nitrogens is 1. The number of nitrogens with one attached hydrogen (secondary N) is 1. The van der Waals surface area contributed by atoms with Gasteiger partial charge < -0.3 is 5.32 Å². The van der Waals surface area contributed by atoms with E-state index < -0.39 is 6.15 Å². The summed E-state index contributed by atoms with van der Waals surface area (Å²) in [7, 11) is 4.29. The van der Waals surface area contributed by atoms with Gasteiger partial charge in [-0.05, 0) is 24.3 Å². The Morgan fingerprint density at radius 1 is 0.489 bits per heavy atom. The predicted molar refractivity (Wildman–Crippen MR) is 194 cm³/mol. The summed E-state index contributed by atoms with van der Waals surface area (Å²) in [5.41, 5.74) is 7.30. The van der Waals surface area contributed by atoms with Crippen LogP contribution in [0.4, 0.5) is 5.69 Å². The average Bonchev–Trinajstić information content (AvgIpc) is 3.11. The molecule has 1 N–H and O–H groups in total. The van der Waals surface area contributed by atoms with Gasteiger partial charge in [-0.2, -0.15) is 21.9 Å². The number of para-hydroxylation sites is 1. The van der Waals surface area contributed by atoms with Crippen LogP contribution in [0.2, 0.25) is 0 Å². The fourth-order valence-corrected chi connectivity index (χ4v) is 6.22. The third kappa shape index (κ3) is 7.49. The monoisotopic (exact) mass is 588 g/mol. The van der Waals surface area contributed by atoms with Gasteiger partial charge in [0.1, 0.15) is 18.4 Å². The normalized spacial score (nSPS) is 11.2.